The Hall–Kier alpha value is -2.58. The summed E-state index contributed by atoms with van der Waals surface area (Å²) in [5.41, 5.74) is 9.39. The Balaban J connectivity index is 1.75. The smallest absolute Gasteiger partial charge is 0.316 e. The molecule has 3 rings (SSSR count). The number of urea groups is 1. The number of nitrogens with one attached hydrogen (secondary N) is 2. The van der Waals surface area contributed by atoms with Gasteiger partial charge in [0, 0.05) is 44.0 Å². The standard InChI is InChI=1S/C21H32N6O2/c1-14(2)19-18(20(26(4)25-19)27-9-11-29-12-10-27)13-23-15(3)16-5-7-17(8-6-16)24-21(22)28/h5-8,14-15,23H,9-13H2,1-4H3,(H3,22,24,28). The van der Waals surface area contributed by atoms with E-state index in [4.69, 9.17) is 15.6 Å². The molecule has 4 N–H and O–H groups in total. The first-order chi connectivity index (χ1) is 13.9. The summed E-state index contributed by atoms with van der Waals surface area (Å²) in [4.78, 5) is 13.3. The minimum Gasteiger partial charge on any atom is -0.378 e. The van der Waals surface area contributed by atoms with Crippen molar-refractivity contribution in [1.82, 2.24) is 15.1 Å². The van der Waals surface area contributed by atoms with E-state index in [0.717, 1.165) is 44.1 Å². The van der Waals surface area contributed by atoms with Gasteiger partial charge in [0.2, 0.25) is 0 Å². The van der Waals surface area contributed by atoms with E-state index in [1.54, 1.807) is 0 Å². The molecule has 1 unspecified atom stereocenters. The summed E-state index contributed by atoms with van der Waals surface area (Å²) in [5, 5.41) is 11.0. The molecule has 158 valence electrons. The summed E-state index contributed by atoms with van der Waals surface area (Å²) < 4.78 is 7.53. The molecule has 2 amide bonds. The Bertz CT molecular complexity index is 824. The molecule has 0 radical (unpaired) electrons. The number of rotatable bonds is 7. The van der Waals surface area contributed by atoms with E-state index in [2.05, 4.69) is 36.3 Å². The third-order valence-electron chi connectivity index (χ3n) is 5.26. The maximum absolute atomic E-state index is 11.0. The number of primary amides is 1. The zero-order valence-corrected chi connectivity index (χ0v) is 17.7. The number of hydrogen-bond donors (Lipinski definition) is 3. The molecule has 0 spiro atoms. The summed E-state index contributed by atoms with van der Waals surface area (Å²) in [6.07, 6.45) is 0. The van der Waals surface area contributed by atoms with Gasteiger partial charge < -0.3 is 26.0 Å². The van der Waals surface area contributed by atoms with E-state index < -0.39 is 6.03 Å². The van der Waals surface area contributed by atoms with Crippen molar-refractivity contribution >= 4 is 17.5 Å². The second-order valence-electron chi connectivity index (χ2n) is 7.78. The van der Waals surface area contributed by atoms with Crippen molar-refractivity contribution in [2.75, 3.05) is 36.5 Å². The maximum Gasteiger partial charge on any atom is 0.316 e. The molecule has 1 aliphatic heterocycles. The molecule has 29 heavy (non-hydrogen) atoms. The third kappa shape index (κ3) is 5.07. The molecule has 8 nitrogen and oxygen atoms in total. The van der Waals surface area contributed by atoms with Gasteiger partial charge in [-0.15, -0.1) is 0 Å². The molecular formula is C21H32N6O2. The highest BCUT2D eigenvalue weighted by Crippen LogP contribution is 2.29. The van der Waals surface area contributed by atoms with Crippen molar-refractivity contribution in [3.05, 3.63) is 41.1 Å². The van der Waals surface area contributed by atoms with Gasteiger partial charge in [0.1, 0.15) is 5.82 Å². The highest BCUT2D eigenvalue weighted by Gasteiger charge is 2.24. The van der Waals surface area contributed by atoms with E-state index in [0.29, 0.717) is 11.6 Å². The minimum atomic E-state index is -0.558. The van der Waals surface area contributed by atoms with Crippen LogP contribution in [0.1, 0.15) is 49.6 Å². The van der Waals surface area contributed by atoms with Crippen molar-refractivity contribution in [3.8, 4) is 0 Å². The fourth-order valence-electron chi connectivity index (χ4n) is 3.75. The number of carbonyl (C=O) groups excluding carboxylic acids is 1. The van der Waals surface area contributed by atoms with E-state index in [-0.39, 0.29) is 6.04 Å². The molecule has 1 aromatic carbocycles. The van der Waals surface area contributed by atoms with Crippen LogP contribution in [0.15, 0.2) is 24.3 Å². The molecule has 8 heteroatoms. The fourth-order valence-corrected chi connectivity index (χ4v) is 3.75. The Morgan fingerprint density at radius 1 is 1.21 bits per heavy atom. The number of amides is 2. The second-order valence-corrected chi connectivity index (χ2v) is 7.78. The van der Waals surface area contributed by atoms with Crippen LogP contribution in [0.25, 0.3) is 0 Å². The number of carbonyl (C=O) groups is 1. The van der Waals surface area contributed by atoms with Crippen LogP contribution < -0.4 is 21.3 Å². The Morgan fingerprint density at radius 3 is 2.45 bits per heavy atom. The van der Waals surface area contributed by atoms with Gasteiger partial charge in [-0.05, 0) is 30.5 Å². The van der Waals surface area contributed by atoms with Crippen LogP contribution in [0.4, 0.5) is 16.3 Å². The van der Waals surface area contributed by atoms with E-state index in [9.17, 15) is 4.79 Å². The lowest BCUT2D eigenvalue weighted by molar-refractivity contribution is 0.122. The predicted octanol–water partition coefficient (Wildman–Crippen LogP) is 2.72. The number of nitrogens with two attached hydrogens (primary N) is 1. The zero-order valence-electron chi connectivity index (χ0n) is 17.7. The molecule has 1 atom stereocenters. The molecule has 1 aliphatic rings. The first kappa shape index (κ1) is 21.1. The zero-order chi connectivity index (χ0) is 21.0. The molecule has 2 aromatic rings. The number of aryl methyl sites for hydroxylation is 1. The minimum absolute atomic E-state index is 0.149. The van der Waals surface area contributed by atoms with Gasteiger partial charge in [-0.1, -0.05) is 26.0 Å². The van der Waals surface area contributed by atoms with Crippen LogP contribution >= 0.6 is 0 Å². The van der Waals surface area contributed by atoms with E-state index in [1.807, 2.05) is 36.0 Å². The molecule has 1 saturated heterocycles. The monoisotopic (exact) mass is 400 g/mol. The summed E-state index contributed by atoms with van der Waals surface area (Å²) >= 11 is 0. The number of nitrogens with zero attached hydrogens (tertiary/aromatic N) is 3. The number of ether oxygens (including phenoxy) is 1. The average molecular weight is 401 g/mol. The first-order valence-corrected chi connectivity index (χ1v) is 10.1. The lowest BCUT2D eigenvalue weighted by Gasteiger charge is -2.30. The second kappa shape index (κ2) is 9.28. The number of anilines is 2. The van der Waals surface area contributed by atoms with Gasteiger partial charge in [-0.3, -0.25) is 4.68 Å². The molecule has 0 saturated carbocycles. The fraction of sp³-hybridized carbons (Fsp3) is 0.524. The lowest BCUT2D eigenvalue weighted by Crippen LogP contribution is -2.38. The molecule has 0 aliphatic carbocycles. The highest BCUT2D eigenvalue weighted by molar-refractivity contribution is 5.87. The molecule has 2 heterocycles. The number of benzene rings is 1. The lowest BCUT2D eigenvalue weighted by atomic mass is 10.0. The topological polar surface area (TPSA) is 97.4 Å². The number of aromatic nitrogens is 2. The van der Waals surface area contributed by atoms with Gasteiger partial charge >= 0.3 is 6.03 Å². The summed E-state index contributed by atoms with van der Waals surface area (Å²) in [7, 11) is 2.02. The van der Waals surface area contributed by atoms with Gasteiger partial charge in [-0.2, -0.15) is 5.10 Å². The van der Waals surface area contributed by atoms with Gasteiger partial charge in [-0.25, -0.2) is 4.79 Å². The Kier molecular flexibility index (Phi) is 6.76. The van der Waals surface area contributed by atoms with Gasteiger partial charge in [0.25, 0.3) is 0 Å². The van der Waals surface area contributed by atoms with Crippen LogP contribution in [-0.4, -0.2) is 42.1 Å². The van der Waals surface area contributed by atoms with E-state index >= 15 is 0 Å². The van der Waals surface area contributed by atoms with Crippen molar-refractivity contribution in [1.29, 1.82) is 0 Å². The largest absolute Gasteiger partial charge is 0.378 e. The highest BCUT2D eigenvalue weighted by atomic mass is 16.5. The average Bonchev–Trinajstić information content (AvgIpc) is 3.03. The molecule has 1 fully saturated rings. The summed E-state index contributed by atoms with van der Waals surface area (Å²) in [5.74, 6) is 1.53. The molecule has 1 aromatic heterocycles. The summed E-state index contributed by atoms with van der Waals surface area (Å²) in [6, 6.07) is 7.31. The van der Waals surface area contributed by atoms with Crippen molar-refractivity contribution in [2.24, 2.45) is 12.8 Å². The number of morpholine rings is 1. The third-order valence-corrected chi connectivity index (χ3v) is 5.26. The molecular weight excluding hydrogens is 368 g/mol. The van der Waals surface area contributed by atoms with E-state index in [1.165, 1.54) is 11.4 Å². The van der Waals surface area contributed by atoms with Crippen molar-refractivity contribution < 1.29 is 9.53 Å². The quantitative estimate of drug-likeness (QED) is 0.664. The summed E-state index contributed by atoms with van der Waals surface area (Å²) in [6.45, 7) is 10.5. The Morgan fingerprint density at radius 2 is 1.86 bits per heavy atom. The van der Waals surface area contributed by atoms with Gasteiger partial charge in [0.05, 0.1) is 18.9 Å². The Labute approximate surface area is 172 Å². The molecule has 0 bridgehead atoms. The van der Waals surface area contributed by atoms with Crippen LogP contribution in [0.3, 0.4) is 0 Å². The maximum atomic E-state index is 11.0. The van der Waals surface area contributed by atoms with Crippen LogP contribution in [0, 0.1) is 0 Å². The van der Waals surface area contributed by atoms with Gasteiger partial charge in [0.15, 0.2) is 0 Å². The van der Waals surface area contributed by atoms with Crippen LogP contribution in [-0.2, 0) is 18.3 Å². The van der Waals surface area contributed by atoms with Crippen LogP contribution in [0.5, 0.6) is 0 Å². The predicted molar refractivity (Wildman–Crippen MR) is 115 cm³/mol. The van der Waals surface area contributed by atoms with Crippen LogP contribution in [0.2, 0.25) is 0 Å². The van der Waals surface area contributed by atoms with Crippen molar-refractivity contribution in [3.63, 3.8) is 0 Å². The number of hydrogen-bond acceptors (Lipinski definition) is 5. The first-order valence-electron chi connectivity index (χ1n) is 10.1. The SMILES string of the molecule is CC(C)c1nn(C)c(N2CCOCC2)c1CNC(C)c1ccc(NC(N)=O)cc1. The normalized spacial score (nSPS) is 15.6. The van der Waals surface area contributed by atoms with Crippen molar-refractivity contribution in [2.45, 2.75) is 39.3 Å².